The van der Waals surface area contributed by atoms with Crippen molar-refractivity contribution in [2.24, 2.45) is 0 Å². The second kappa shape index (κ2) is 18.1. The molecule has 4 rings (SSSR count). The molecule has 0 aliphatic carbocycles. The van der Waals surface area contributed by atoms with E-state index in [1.807, 2.05) is 60.7 Å². The van der Waals surface area contributed by atoms with Gasteiger partial charge in [-0.1, -0.05) is 99.7 Å². The van der Waals surface area contributed by atoms with E-state index in [1.165, 1.54) is 19.3 Å². The van der Waals surface area contributed by atoms with Gasteiger partial charge in [0, 0.05) is 6.61 Å². The molecule has 2 aromatic rings. The van der Waals surface area contributed by atoms with Crippen LogP contribution in [0, 0.1) is 0 Å². The van der Waals surface area contributed by atoms with E-state index >= 15 is 0 Å². The van der Waals surface area contributed by atoms with Gasteiger partial charge < -0.3 is 48.8 Å². The van der Waals surface area contributed by atoms with Crippen LogP contribution in [0.3, 0.4) is 0 Å². The number of ether oxygens (including phenoxy) is 6. The van der Waals surface area contributed by atoms with Crippen molar-refractivity contribution >= 4 is 0 Å². The summed E-state index contributed by atoms with van der Waals surface area (Å²) in [6.07, 6.45) is -3.50. The highest BCUT2D eigenvalue weighted by atomic mass is 16.8. The molecule has 2 heterocycles. The van der Waals surface area contributed by atoms with E-state index in [0.29, 0.717) is 13.2 Å². The van der Waals surface area contributed by atoms with Gasteiger partial charge in [-0.05, 0) is 17.5 Å². The van der Waals surface area contributed by atoms with Crippen molar-refractivity contribution in [2.75, 3.05) is 19.8 Å². The average Bonchev–Trinajstić information content (AvgIpc) is 3.36. The average molecular weight is 605 g/mol. The van der Waals surface area contributed by atoms with Crippen molar-refractivity contribution in [3.8, 4) is 0 Å². The van der Waals surface area contributed by atoms with Crippen LogP contribution in [0.5, 0.6) is 0 Å². The van der Waals surface area contributed by atoms with Crippen LogP contribution in [0.15, 0.2) is 60.7 Å². The van der Waals surface area contributed by atoms with E-state index in [1.54, 1.807) is 0 Å². The molecule has 4 N–H and O–H groups in total. The van der Waals surface area contributed by atoms with Gasteiger partial charge >= 0.3 is 0 Å². The Morgan fingerprint density at radius 1 is 0.651 bits per heavy atom. The maximum Gasteiger partial charge on any atom is 0.187 e. The van der Waals surface area contributed by atoms with E-state index in [2.05, 4.69) is 6.92 Å². The molecule has 0 radical (unpaired) electrons. The zero-order chi connectivity index (χ0) is 30.4. The minimum absolute atomic E-state index is 0.194. The number of unbranched alkanes of at least 4 members (excludes halogenated alkanes) is 5. The highest BCUT2D eigenvalue weighted by Gasteiger charge is 2.52. The zero-order valence-corrected chi connectivity index (χ0v) is 25.0. The highest BCUT2D eigenvalue weighted by Crippen LogP contribution is 2.33. The van der Waals surface area contributed by atoms with Crippen LogP contribution in [0.2, 0.25) is 0 Å². The van der Waals surface area contributed by atoms with Crippen LogP contribution in [0.1, 0.15) is 56.6 Å². The minimum atomic E-state index is -1.57. The molecule has 10 nitrogen and oxygen atoms in total. The predicted octanol–water partition coefficient (Wildman–Crippen LogP) is 3.08. The highest BCUT2D eigenvalue weighted by molar-refractivity contribution is 5.14. The molecule has 0 amide bonds. The summed E-state index contributed by atoms with van der Waals surface area (Å²) in [6.45, 7) is 2.91. The van der Waals surface area contributed by atoms with Crippen molar-refractivity contribution in [3.63, 3.8) is 0 Å². The topological polar surface area (TPSA) is 136 Å². The summed E-state index contributed by atoms with van der Waals surface area (Å²) in [7, 11) is 0. The molecule has 0 spiro atoms. The smallest absolute Gasteiger partial charge is 0.187 e. The number of hydrogen-bond acceptors (Lipinski definition) is 10. The van der Waals surface area contributed by atoms with Crippen molar-refractivity contribution in [2.45, 2.75) is 114 Å². The molecule has 43 heavy (non-hydrogen) atoms. The van der Waals surface area contributed by atoms with Gasteiger partial charge in [0.05, 0.1) is 26.4 Å². The summed E-state index contributed by atoms with van der Waals surface area (Å²) < 4.78 is 36.9. The van der Waals surface area contributed by atoms with Gasteiger partial charge in [-0.3, -0.25) is 0 Å². The monoisotopic (exact) mass is 604 g/mol. The maximum absolute atomic E-state index is 10.7. The largest absolute Gasteiger partial charge is 0.394 e. The molecule has 0 bridgehead atoms. The Labute approximate surface area is 254 Å². The third kappa shape index (κ3) is 10.0. The van der Waals surface area contributed by atoms with E-state index in [0.717, 1.165) is 30.4 Å². The van der Waals surface area contributed by atoms with Gasteiger partial charge in [0.1, 0.15) is 42.7 Å². The molecule has 2 aromatic carbocycles. The minimum Gasteiger partial charge on any atom is -0.394 e. The van der Waals surface area contributed by atoms with Gasteiger partial charge in [-0.2, -0.15) is 0 Å². The van der Waals surface area contributed by atoms with Crippen LogP contribution in [0.4, 0.5) is 0 Å². The molecule has 9 atom stereocenters. The van der Waals surface area contributed by atoms with Crippen LogP contribution in [0.25, 0.3) is 0 Å². The van der Waals surface area contributed by atoms with Gasteiger partial charge in [-0.15, -0.1) is 0 Å². The summed E-state index contributed by atoms with van der Waals surface area (Å²) >= 11 is 0. The Morgan fingerprint density at radius 2 is 1.28 bits per heavy atom. The van der Waals surface area contributed by atoms with Gasteiger partial charge in [0.15, 0.2) is 12.6 Å². The standard InChI is InChI=1S/C33H48O10/c1-2-3-4-5-6-13-18-39-33-31(43-32-29(37)28(36)27(35)25(19-34)41-32)30(40-21-24-16-11-8-12-17-24)26(42-33)22-38-20-23-14-9-7-10-15-23/h7-12,14-17,25-37H,2-6,13,18-22H2,1H3/t25-,26-,27-,28+,29+,30-,31+,32-,33+/m1/s1. The van der Waals surface area contributed by atoms with Crippen molar-refractivity contribution in [1.29, 1.82) is 0 Å². The van der Waals surface area contributed by atoms with Gasteiger partial charge in [0.25, 0.3) is 0 Å². The summed E-state index contributed by atoms with van der Waals surface area (Å²) in [6, 6.07) is 19.5. The second-order valence-corrected chi connectivity index (χ2v) is 11.2. The van der Waals surface area contributed by atoms with E-state index in [4.69, 9.17) is 28.4 Å². The second-order valence-electron chi connectivity index (χ2n) is 11.2. The fourth-order valence-electron chi connectivity index (χ4n) is 5.36. The molecule has 2 aliphatic rings. The number of hydrogen-bond donors (Lipinski definition) is 4. The third-order valence-corrected chi connectivity index (χ3v) is 7.87. The Balaban J connectivity index is 1.48. The molecule has 0 unspecified atom stereocenters. The van der Waals surface area contributed by atoms with Crippen molar-refractivity contribution in [3.05, 3.63) is 71.8 Å². The Hall–Kier alpha value is -1.96. The molecular formula is C33H48O10. The number of rotatable bonds is 18. The molecule has 0 aromatic heterocycles. The van der Waals surface area contributed by atoms with Gasteiger partial charge in [0.2, 0.25) is 0 Å². The summed E-state index contributed by atoms with van der Waals surface area (Å²) in [4.78, 5) is 0. The Morgan fingerprint density at radius 3 is 1.95 bits per heavy atom. The van der Waals surface area contributed by atoms with E-state index in [9.17, 15) is 20.4 Å². The fraction of sp³-hybridized carbons (Fsp3) is 0.636. The SMILES string of the molecule is CCCCCCCCO[C@H]1O[C@H](COCc2ccccc2)[C@@H](OCc2ccccc2)[C@@H]1O[C@H]1O[C@H](CO)[C@@H](O)[C@H](O)[C@@H]1O. The number of aliphatic hydroxyl groups is 4. The number of benzene rings is 2. The van der Waals surface area contributed by atoms with Crippen molar-refractivity contribution < 1.29 is 48.8 Å². The van der Waals surface area contributed by atoms with Crippen LogP contribution in [-0.4, -0.2) is 95.6 Å². The first-order valence-corrected chi connectivity index (χ1v) is 15.5. The molecular weight excluding hydrogens is 556 g/mol. The lowest BCUT2D eigenvalue weighted by molar-refractivity contribution is -0.327. The molecule has 10 heteroatoms. The first kappa shape index (κ1) is 33.9. The molecule has 2 saturated heterocycles. The van der Waals surface area contributed by atoms with Crippen LogP contribution >= 0.6 is 0 Å². The van der Waals surface area contributed by atoms with Crippen molar-refractivity contribution in [1.82, 2.24) is 0 Å². The first-order chi connectivity index (χ1) is 21.0. The lowest BCUT2D eigenvalue weighted by atomic mass is 9.99. The summed E-state index contributed by atoms with van der Waals surface area (Å²) in [5.74, 6) is 0. The van der Waals surface area contributed by atoms with Crippen LogP contribution in [-0.2, 0) is 41.6 Å². The normalized spacial score (nSPS) is 31.0. The summed E-state index contributed by atoms with van der Waals surface area (Å²) in [5, 5.41) is 41.1. The Bertz CT molecular complexity index is 1010. The Kier molecular flexibility index (Phi) is 14.3. The quantitative estimate of drug-likeness (QED) is 0.188. The van der Waals surface area contributed by atoms with E-state index in [-0.39, 0.29) is 13.2 Å². The fourth-order valence-corrected chi connectivity index (χ4v) is 5.36. The predicted molar refractivity (Wildman–Crippen MR) is 158 cm³/mol. The lowest BCUT2D eigenvalue weighted by Gasteiger charge is -2.41. The first-order valence-electron chi connectivity index (χ1n) is 15.5. The molecule has 240 valence electrons. The summed E-state index contributed by atoms with van der Waals surface area (Å²) in [5.41, 5.74) is 1.97. The zero-order valence-electron chi connectivity index (χ0n) is 25.0. The molecule has 0 saturated carbocycles. The third-order valence-electron chi connectivity index (χ3n) is 7.87. The van der Waals surface area contributed by atoms with E-state index < -0.39 is 61.9 Å². The maximum atomic E-state index is 10.7. The molecule has 2 aliphatic heterocycles. The lowest BCUT2D eigenvalue weighted by Crippen LogP contribution is -2.60. The van der Waals surface area contributed by atoms with Gasteiger partial charge in [-0.25, -0.2) is 0 Å². The van der Waals surface area contributed by atoms with Crippen LogP contribution < -0.4 is 0 Å². The number of aliphatic hydroxyl groups excluding tert-OH is 4. The molecule has 2 fully saturated rings.